The van der Waals surface area contributed by atoms with Crippen LogP contribution in [0.3, 0.4) is 0 Å². The molecule has 0 unspecified atom stereocenters. The van der Waals surface area contributed by atoms with Gasteiger partial charge in [0.25, 0.3) is 0 Å². The molecule has 0 bridgehead atoms. The Balaban J connectivity index is 2.11. The molecule has 2 heterocycles. The van der Waals surface area contributed by atoms with Crippen LogP contribution < -0.4 is 0 Å². The van der Waals surface area contributed by atoms with Gasteiger partial charge in [0.15, 0.2) is 0 Å². The van der Waals surface area contributed by atoms with Crippen molar-refractivity contribution in [3.8, 4) is 0 Å². The van der Waals surface area contributed by atoms with E-state index in [-0.39, 0.29) is 0 Å². The van der Waals surface area contributed by atoms with Crippen molar-refractivity contribution < 1.29 is 0 Å². The van der Waals surface area contributed by atoms with Crippen LogP contribution in [0.2, 0.25) is 0 Å². The second-order valence-electron chi connectivity index (χ2n) is 3.42. The van der Waals surface area contributed by atoms with Crippen molar-refractivity contribution in [1.82, 2.24) is 19.7 Å². The molecule has 5 heteroatoms. The first-order chi connectivity index (χ1) is 6.75. The average Bonchev–Trinajstić information content (AvgIpc) is 2.75. The Kier molecular flexibility index (Phi) is 2.58. The molecular formula is C9H12N4S. The Bertz CT molecular complexity index is 391. The Hall–Kier alpha value is -1.23. The summed E-state index contributed by atoms with van der Waals surface area (Å²) in [5.41, 5.74) is 1.06. The normalized spacial score (nSPS) is 11.1. The summed E-state index contributed by atoms with van der Waals surface area (Å²) in [5.74, 6) is 0.504. The van der Waals surface area contributed by atoms with Gasteiger partial charge in [-0.3, -0.25) is 0 Å². The molecule has 0 saturated carbocycles. The molecule has 14 heavy (non-hydrogen) atoms. The van der Waals surface area contributed by atoms with E-state index in [1.807, 2.05) is 0 Å². The van der Waals surface area contributed by atoms with E-state index in [0.29, 0.717) is 12.5 Å². The van der Waals surface area contributed by atoms with Crippen LogP contribution in [0.5, 0.6) is 0 Å². The maximum Gasteiger partial charge on any atom is 0.137 e. The second-order valence-corrected chi connectivity index (χ2v) is 4.31. The number of thiazole rings is 1. The third-order valence-corrected chi connectivity index (χ3v) is 3.05. The molecule has 0 spiro atoms. The molecule has 74 valence electrons. The van der Waals surface area contributed by atoms with Crippen molar-refractivity contribution in [3.63, 3.8) is 0 Å². The zero-order valence-corrected chi connectivity index (χ0v) is 9.03. The molecule has 2 rings (SSSR count). The standard InChI is InChI=1S/C9H12N4S/c1-7(2)9-12-8(4-14-9)3-13-6-10-5-11-13/h4-7H,3H2,1-2H3. The highest BCUT2D eigenvalue weighted by atomic mass is 32.1. The van der Waals surface area contributed by atoms with E-state index in [1.165, 1.54) is 11.3 Å². The van der Waals surface area contributed by atoms with E-state index >= 15 is 0 Å². The zero-order valence-electron chi connectivity index (χ0n) is 8.21. The largest absolute Gasteiger partial charge is 0.247 e. The SMILES string of the molecule is CC(C)c1nc(Cn2cncn2)cs1. The average molecular weight is 208 g/mol. The molecule has 0 aliphatic heterocycles. The van der Waals surface area contributed by atoms with Gasteiger partial charge in [0.05, 0.1) is 17.2 Å². The van der Waals surface area contributed by atoms with Gasteiger partial charge in [0.2, 0.25) is 0 Å². The Morgan fingerprint density at radius 3 is 2.93 bits per heavy atom. The van der Waals surface area contributed by atoms with E-state index in [4.69, 9.17) is 0 Å². The second kappa shape index (κ2) is 3.88. The van der Waals surface area contributed by atoms with Crippen molar-refractivity contribution in [2.45, 2.75) is 26.3 Å². The van der Waals surface area contributed by atoms with Gasteiger partial charge >= 0.3 is 0 Å². The van der Waals surface area contributed by atoms with Crippen LogP contribution in [-0.2, 0) is 6.54 Å². The maximum atomic E-state index is 4.51. The summed E-state index contributed by atoms with van der Waals surface area (Å²) in [7, 11) is 0. The highest BCUT2D eigenvalue weighted by molar-refractivity contribution is 7.09. The lowest BCUT2D eigenvalue weighted by molar-refractivity contribution is 0.669. The van der Waals surface area contributed by atoms with Crippen molar-refractivity contribution in [2.24, 2.45) is 0 Å². The minimum Gasteiger partial charge on any atom is -0.247 e. The summed E-state index contributed by atoms with van der Waals surface area (Å²) in [6.07, 6.45) is 3.24. The van der Waals surface area contributed by atoms with E-state index in [1.54, 1.807) is 22.3 Å². The lowest BCUT2D eigenvalue weighted by Crippen LogP contribution is -2.00. The van der Waals surface area contributed by atoms with Crippen LogP contribution >= 0.6 is 11.3 Å². The molecule has 0 radical (unpaired) electrons. The number of hydrogen-bond donors (Lipinski definition) is 0. The summed E-state index contributed by atoms with van der Waals surface area (Å²) in [5, 5.41) is 7.30. The predicted molar refractivity (Wildman–Crippen MR) is 55.3 cm³/mol. The van der Waals surface area contributed by atoms with Crippen molar-refractivity contribution in [1.29, 1.82) is 0 Å². The smallest absolute Gasteiger partial charge is 0.137 e. The third-order valence-electron chi connectivity index (χ3n) is 1.85. The monoisotopic (exact) mass is 208 g/mol. The lowest BCUT2D eigenvalue weighted by Gasteiger charge is -1.97. The molecule has 0 N–H and O–H groups in total. The molecule has 0 amide bonds. The molecule has 0 saturated heterocycles. The molecule has 4 nitrogen and oxygen atoms in total. The predicted octanol–water partition coefficient (Wildman–Crippen LogP) is 1.91. The van der Waals surface area contributed by atoms with E-state index < -0.39 is 0 Å². The van der Waals surface area contributed by atoms with Crippen LogP contribution in [0.25, 0.3) is 0 Å². The molecule has 0 aliphatic rings. The van der Waals surface area contributed by atoms with Crippen LogP contribution in [0.4, 0.5) is 0 Å². The number of rotatable bonds is 3. The minimum atomic E-state index is 0.504. The van der Waals surface area contributed by atoms with E-state index in [0.717, 1.165) is 5.69 Å². The molecular weight excluding hydrogens is 196 g/mol. The number of hydrogen-bond acceptors (Lipinski definition) is 4. The maximum absolute atomic E-state index is 4.51. The fourth-order valence-electron chi connectivity index (χ4n) is 1.14. The van der Waals surface area contributed by atoms with Gasteiger partial charge in [-0.2, -0.15) is 5.10 Å². The van der Waals surface area contributed by atoms with Crippen molar-refractivity contribution >= 4 is 11.3 Å². The number of nitrogens with zero attached hydrogens (tertiary/aromatic N) is 4. The van der Waals surface area contributed by atoms with Gasteiger partial charge in [-0.05, 0) is 0 Å². The van der Waals surface area contributed by atoms with Crippen LogP contribution in [0.15, 0.2) is 18.0 Å². The van der Waals surface area contributed by atoms with Crippen LogP contribution in [0, 0.1) is 0 Å². The first-order valence-corrected chi connectivity index (χ1v) is 5.40. The van der Waals surface area contributed by atoms with Crippen LogP contribution in [0.1, 0.15) is 30.5 Å². The molecule has 0 aromatic carbocycles. The van der Waals surface area contributed by atoms with E-state index in [9.17, 15) is 0 Å². The van der Waals surface area contributed by atoms with Gasteiger partial charge in [-0.15, -0.1) is 11.3 Å². The first kappa shape index (κ1) is 9.33. The van der Waals surface area contributed by atoms with E-state index in [2.05, 4.69) is 34.3 Å². The summed E-state index contributed by atoms with van der Waals surface area (Å²) in [4.78, 5) is 8.40. The van der Waals surface area contributed by atoms with Gasteiger partial charge in [-0.25, -0.2) is 14.6 Å². The topological polar surface area (TPSA) is 43.6 Å². The summed E-state index contributed by atoms with van der Waals surface area (Å²) in [6.45, 7) is 5.01. The fourth-order valence-corrected chi connectivity index (χ4v) is 1.97. The summed E-state index contributed by atoms with van der Waals surface area (Å²) < 4.78 is 1.78. The molecule has 0 aliphatic carbocycles. The van der Waals surface area contributed by atoms with Gasteiger partial charge in [0.1, 0.15) is 12.7 Å². The Labute approximate surface area is 86.6 Å². The zero-order chi connectivity index (χ0) is 9.97. The molecule has 0 fully saturated rings. The molecule has 0 atom stereocenters. The number of aromatic nitrogens is 4. The highest BCUT2D eigenvalue weighted by Crippen LogP contribution is 2.19. The van der Waals surface area contributed by atoms with Crippen molar-refractivity contribution in [2.75, 3.05) is 0 Å². The minimum absolute atomic E-state index is 0.504. The van der Waals surface area contributed by atoms with Gasteiger partial charge in [-0.1, -0.05) is 13.8 Å². The molecule has 2 aromatic heterocycles. The van der Waals surface area contributed by atoms with Crippen LogP contribution in [-0.4, -0.2) is 19.7 Å². The molecule has 2 aromatic rings. The van der Waals surface area contributed by atoms with Crippen molar-refractivity contribution in [3.05, 3.63) is 28.7 Å². The Morgan fingerprint density at radius 2 is 2.36 bits per heavy atom. The quantitative estimate of drug-likeness (QED) is 0.773. The van der Waals surface area contributed by atoms with Gasteiger partial charge in [0, 0.05) is 11.3 Å². The Morgan fingerprint density at radius 1 is 1.50 bits per heavy atom. The fraction of sp³-hybridized carbons (Fsp3) is 0.444. The third kappa shape index (κ3) is 1.98. The first-order valence-electron chi connectivity index (χ1n) is 4.52. The van der Waals surface area contributed by atoms with Gasteiger partial charge < -0.3 is 0 Å². The summed E-state index contributed by atoms with van der Waals surface area (Å²) in [6, 6.07) is 0. The highest BCUT2D eigenvalue weighted by Gasteiger charge is 2.05. The summed E-state index contributed by atoms with van der Waals surface area (Å²) >= 11 is 1.71. The lowest BCUT2D eigenvalue weighted by atomic mass is 10.2.